The highest BCUT2D eigenvalue weighted by Gasteiger charge is 2.19. The second-order valence-electron chi connectivity index (χ2n) is 7.29. The van der Waals surface area contributed by atoms with Gasteiger partial charge < -0.3 is 5.32 Å². The third-order valence-electron chi connectivity index (χ3n) is 4.80. The molecule has 150 valence electrons. The second kappa shape index (κ2) is 8.13. The Bertz CT molecular complexity index is 1230. The highest BCUT2D eigenvalue weighted by Crippen LogP contribution is 2.25. The number of carbonyl (C=O) groups excluding carboxylic acids is 1. The molecule has 0 atom stereocenters. The van der Waals surface area contributed by atoms with E-state index in [-0.39, 0.29) is 11.7 Å². The number of nitrogens with one attached hydrogen (secondary N) is 1. The SMILES string of the molecule is Cc1ccc(NC(=O)c2nc(-c3cccc(C)c3)n(-c3ccc(C)c(Cl)c3)n2)cc1. The maximum atomic E-state index is 12.8. The van der Waals surface area contributed by atoms with Crippen molar-refractivity contribution in [2.45, 2.75) is 20.8 Å². The van der Waals surface area contributed by atoms with Crippen LogP contribution in [0.1, 0.15) is 27.3 Å². The van der Waals surface area contributed by atoms with Crippen molar-refractivity contribution in [2.24, 2.45) is 0 Å². The maximum absolute atomic E-state index is 12.8. The molecule has 0 spiro atoms. The predicted octanol–water partition coefficient (Wildman–Crippen LogP) is 5.77. The molecule has 0 bridgehead atoms. The number of aromatic nitrogens is 3. The number of amides is 1. The van der Waals surface area contributed by atoms with Gasteiger partial charge in [-0.15, -0.1) is 5.10 Å². The topological polar surface area (TPSA) is 59.8 Å². The standard InChI is InChI=1S/C24H21ClN4O/c1-15-7-10-19(11-8-15)26-24(30)22-27-23(18-6-4-5-16(2)13-18)29(28-22)20-12-9-17(3)21(25)14-20/h4-14H,1-3H3,(H,26,30). The van der Waals surface area contributed by atoms with E-state index in [2.05, 4.69) is 15.4 Å². The van der Waals surface area contributed by atoms with Crippen LogP contribution in [0.2, 0.25) is 5.02 Å². The van der Waals surface area contributed by atoms with Gasteiger partial charge in [-0.25, -0.2) is 9.67 Å². The number of anilines is 1. The Hall–Kier alpha value is -3.44. The number of nitrogens with zero attached hydrogens (tertiary/aromatic N) is 3. The normalized spacial score (nSPS) is 10.8. The van der Waals surface area contributed by atoms with Gasteiger partial charge in [-0.3, -0.25) is 4.79 Å². The van der Waals surface area contributed by atoms with E-state index in [4.69, 9.17) is 11.6 Å². The van der Waals surface area contributed by atoms with E-state index in [1.54, 1.807) is 4.68 Å². The van der Waals surface area contributed by atoms with Crippen LogP contribution < -0.4 is 5.32 Å². The molecule has 0 aliphatic heterocycles. The quantitative estimate of drug-likeness (QED) is 0.459. The average Bonchev–Trinajstić information content (AvgIpc) is 3.17. The molecule has 6 heteroatoms. The van der Waals surface area contributed by atoms with Gasteiger partial charge in [-0.2, -0.15) is 0 Å². The summed E-state index contributed by atoms with van der Waals surface area (Å²) in [6.07, 6.45) is 0. The molecule has 0 saturated carbocycles. The first-order chi connectivity index (χ1) is 14.4. The van der Waals surface area contributed by atoms with Crippen molar-refractivity contribution >= 4 is 23.2 Å². The minimum atomic E-state index is -0.371. The predicted molar refractivity (Wildman–Crippen MR) is 120 cm³/mol. The molecule has 3 aromatic carbocycles. The molecule has 0 fully saturated rings. The van der Waals surface area contributed by atoms with E-state index in [9.17, 15) is 4.79 Å². The van der Waals surface area contributed by atoms with Crippen molar-refractivity contribution in [3.63, 3.8) is 0 Å². The summed E-state index contributed by atoms with van der Waals surface area (Å²) >= 11 is 6.34. The van der Waals surface area contributed by atoms with Crippen LogP contribution in [0.5, 0.6) is 0 Å². The van der Waals surface area contributed by atoms with Crippen molar-refractivity contribution < 1.29 is 4.79 Å². The molecular formula is C24H21ClN4O. The first kappa shape index (κ1) is 19.9. The van der Waals surface area contributed by atoms with Crippen molar-refractivity contribution in [1.82, 2.24) is 14.8 Å². The van der Waals surface area contributed by atoms with Gasteiger partial charge in [0, 0.05) is 16.3 Å². The second-order valence-corrected chi connectivity index (χ2v) is 7.70. The summed E-state index contributed by atoms with van der Waals surface area (Å²) in [6.45, 7) is 5.95. The summed E-state index contributed by atoms with van der Waals surface area (Å²) in [6, 6.07) is 21.2. The van der Waals surface area contributed by atoms with E-state index in [0.717, 1.165) is 27.9 Å². The van der Waals surface area contributed by atoms with Crippen LogP contribution in [0.3, 0.4) is 0 Å². The van der Waals surface area contributed by atoms with Crippen LogP contribution in [0.25, 0.3) is 17.1 Å². The summed E-state index contributed by atoms with van der Waals surface area (Å²) in [4.78, 5) is 17.4. The van der Waals surface area contributed by atoms with Crippen LogP contribution in [0.15, 0.2) is 66.7 Å². The number of benzene rings is 3. The number of hydrogen-bond donors (Lipinski definition) is 1. The Labute approximate surface area is 180 Å². The molecule has 0 radical (unpaired) electrons. The highest BCUT2D eigenvalue weighted by atomic mass is 35.5. The van der Waals surface area contributed by atoms with Crippen LogP contribution in [0, 0.1) is 20.8 Å². The van der Waals surface area contributed by atoms with E-state index >= 15 is 0 Å². The molecule has 1 amide bonds. The van der Waals surface area contributed by atoms with Gasteiger partial charge in [0.25, 0.3) is 5.91 Å². The lowest BCUT2D eigenvalue weighted by atomic mass is 10.1. The smallest absolute Gasteiger partial charge is 0.295 e. The average molecular weight is 417 g/mol. The molecule has 0 aliphatic carbocycles. The Balaban J connectivity index is 1.77. The zero-order valence-electron chi connectivity index (χ0n) is 17.0. The van der Waals surface area contributed by atoms with E-state index in [1.807, 2.05) is 87.5 Å². The number of hydrogen-bond acceptors (Lipinski definition) is 3. The zero-order chi connectivity index (χ0) is 21.3. The van der Waals surface area contributed by atoms with Gasteiger partial charge in [-0.1, -0.05) is 59.1 Å². The zero-order valence-corrected chi connectivity index (χ0v) is 17.7. The van der Waals surface area contributed by atoms with Gasteiger partial charge in [-0.05, 0) is 56.7 Å². The number of aryl methyl sites for hydroxylation is 3. The molecule has 0 unspecified atom stereocenters. The molecule has 1 heterocycles. The molecule has 1 N–H and O–H groups in total. The Morgan fingerprint density at radius 1 is 0.933 bits per heavy atom. The fourth-order valence-corrected chi connectivity index (χ4v) is 3.27. The monoisotopic (exact) mass is 416 g/mol. The van der Waals surface area contributed by atoms with E-state index in [1.165, 1.54) is 0 Å². The highest BCUT2D eigenvalue weighted by molar-refractivity contribution is 6.31. The fourth-order valence-electron chi connectivity index (χ4n) is 3.10. The molecule has 4 rings (SSSR count). The third-order valence-corrected chi connectivity index (χ3v) is 5.20. The Morgan fingerprint density at radius 2 is 1.70 bits per heavy atom. The van der Waals surface area contributed by atoms with Crippen LogP contribution in [-0.2, 0) is 0 Å². The van der Waals surface area contributed by atoms with Crippen LogP contribution in [0.4, 0.5) is 5.69 Å². The van der Waals surface area contributed by atoms with Gasteiger partial charge in [0.1, 0.15) is 0 Å². The lowest BCUT2D eigenvalue weighted by Gasteiger charge is -2.08. The van der Waals surface area contributed by atoms with Gasteiger partial charge >= 0.3 is 0 Å². The van der Waals surface area contributed by atoms with Gasteiger partial charge in [0.05, 0.1) is 5.69 Å². The van der Waals surface area contributed by atoms with Gasteiger partial charge in [0.2, 0.25) is 5.82 Å². The van der Waals surface area contributed by atoms with Gasteiger partial charge in [0.15, 0.2) is 5.82 Å². The molecule has 0 aliphatic rings. The van der Waals surface area contributed by atoms with E-state index in [0.29, 0.717) is 16.5 Å². The number of halogens is 1. The Morgan fingerprint density at radius 3 is 2.40 bits per heavy atom. The van der Waals surface area contributed by atoms with Crippen molar-refractivity contribution in [3.8, 4) is 17.1 Å². The van der Waals surface area contributed by atoms with E-state index < -0.39 is 0 Å². The first-order valence-corrected chi connectivity index (χ1v) is 9.97. The summed E-state index contributed by atoms with van der Waals surface area (Å²) < 4.78 is 1.66. The third kappa shape index (κ3) is 4.11. The molecule has 4 aromatic rings. The molecule has 0 saturated heterocycles. The minimum absolute atomic E-state index is 0.0868. The first-order valence-electron chi connectivity index (χ1n) is 9.59. The minimum Gasteiger partial charge on any atom is -0.319 e. The molecule has 30 heavy (non-hydrogen) atoms. The Kier molecular flexibility index (Phi) is 5.38. The van der Waals surface area contributed by atoms with Crippen molar-refractivity contribution in [2.75, 3.05) is 5.32 Å². The summed E-state index contributed by atoms with van der Waals surface area (Å²) in [7, 11) is 0. The fraction of sp³-hybridized carbons (Fsp3) is 0.125. The maximum Gasteiger partial charge on any atom is 0.295 e. The number of carbonyl (C=O) groups is 1. The largest absolute Gasteiger partial charge is 0.319 e. The molecule has 1 aromatic heterocycles. The van der Waals surface area contributed by atoms with Crippen molar-refractivity contribution in [3.05, 3.63) is 94.3 Å². The summed E-state index contributed by atoms with van der Waals surface area (Å²) in [5.74, 6) is 0.293. The lowest BCUT2D eigenvalue weighted by Crippen LogP contribution is -2.14. The molecule has 5 nitrogen and oxygen atoms in total. The van der Waals surface area contributed by atoms with Crippen LogP contribution in [-0.4, -0.2) is 20.7 Å². The lowest BCUT2D eigenvalue weighted by molar-refractivity contribution is 0.101. The van der Waals surface area contributed by atoms with Crippen LogP contribution >= 0.6 is 11.6 Å². The summed E-state index contributed by atoms with van der Waals surface area (Å²) in [5, 5.41) is 7.99. The number of rotatable bonds is 4. The van der Waals surface area contributed by atoms with Crippen molar-refractivity contribution in [1.29, 1.82) is 0 Å². The summed E-state index contributed by atoms with van der Waals surface area (Å²) in [5.41, 5.74) is 5.48. The molecular weight excluding hydrogens is 396 g/mol.